The highest BCUT2D eigenvalue weighted by Gasteiger charge is 2.13. The summed E-state index contributed by atoms with van der Waals surface area (Å²) in [4.78, 5) is 30.0. The number of aryl methyl sites for hydroxylation is 1. The van der Waals surface area contributed by atoms with Crippen molar-refractivity contribution in [2.75, 3.05) is 0 Å². The largest absolute Gasteiger partial charge is 0.454 e. The summed E-state index contributed by atoms with van der Waals surface area (Å²) >= 11 is 0. The Bertz CT molecular complexity index is 1320. The lowest BCUT2D eigenvalue weighted by Crippen LogP contribution is -2.11. The van der Waals surface area contributed by atoms with Crippen molar-refractivity contribution in [3.8, 4) is 22.6 Å². The number of carbonyl (C=O) groups excluding carboxylic acids is 1. The first kappa shape index (κ1) is 18.5. The first-order chi connectivity index (χ1) is 13.9. The fourth-order valence-corrected chi connectivity index (χ4v) is 2.95. The lowest BCUT2D eigenvalue weighted by atomic mass is 10.0. The average molecular weight is 392 g/mol. The van der Waals surface area contributed by atoms with Gasteiger partial charge in [0.1, 0.15) is 23.5 Å². The Morgan fingerprint density at radius 3 is 2.55 bits per heavy atom. The number of H-pyrrole nitrogens is 1. The normalized spacial score (nSPS) is 10.9. The number of hydrogen-bond donors (Lipinski definition) is 1. The third-order valence-electron chi connectivity index (χ3n) is 4.43. The molecule has 0 fully saturated rings. The molecule has 0 spiro atoms. The highest BCUT2D eigenvalue weighted by atomic mass is 19.1. The number of hydrogen-bond acceptors (Lipinski definition) is 4. The van der Waals surface area contributed by atoms with Crippen molar-refractivity contribution >= 4 is 17.3 Å². The third kappa shape index (κ3) is 3.62. The molecule has 0 aliphatic rings. The van der Waals surface area contributed by atoms with Crippen LogP contribution in [0.2, 0.25) is 0 Å². The van der Waals surface area contributed by atoms with Gasteiger partial charge in [-0.05, 0) is 55.0 Å². The smallest absolute Gasteiger partial charge is 0.269 e. The van der Waals surface area contributed by atoms with Gasteiger partial charge in [0.2, 0.25) is 0 Å². The maximum absolute atomic E-state index is 14.0. The van der Waals surface area contributed by atoms with E-state index in [2.05, 4.69) is 9.97 Å². The SMILES string of the molecule is Cc1nc2cc(-c3cc(C=O)ccc3Oc3ccc(F)cc3F)ccc2[nH]c1=O. The Morgan fingerprint density at radius 1 is 1.00 bits per heavy atom. The average Bonchev–Trinajstić information content (AvgIpc) is 2.71. The first-order valence-corrected chi connectivity index (χ1v) is 8.68. The van der Waals surface area contributed by atoms with E-state index in [0.717, 1.165) is 12.1 Å². The third-order valence-corrected chi connectivity index (χ3v) is 4.43. The number of fused-ring (bicyclic) bond motifs is 1. The molecule has 0 bridgehead atoms. The van der Waals surface area contributed by atoms with E-state index in [1.54, 1.807) is 31.2 Å². The van der Waals surface area contributed by atoms with E-state index in [1.807, 2.05) is 0 Å². The van der Waals surface area contributed by atoms with Gasteiger partial charge >= 0.3 is 0 Å². The van der Waals surface area contributed by atoms with Crippen LogP contribution < -0.4 is 10.3 Å². The van der Waals surface area contributed by atoms with Gasteiger partial charge in [0.15, 0.2) is 11.6 Å². The van der Waals surface area contributed by atoms with Gasteiger partial charge in [0, 0.05) is 17.2 Å². The minimum Gasteiger partial charge on any atom is -0.454 e. The van der Waals surface area contributed by atoms with Crippen LogP contribution in [-0.4, -0.2) is 16.3 Å². The van der Waals surface area contributed by atoms with Crippen LogP contribution in [0.25, 0.3) is 22.2 Å². The van der Waals surface area contributed by atoms with E-state index >= 15 is 0 Å². The Balaban J connectivity index is 1.85. The molecule has 4 rings (SSSR count). The summed E-state index contributed by atoms with van der Waals surface area (Å²) in [6, 6.07) is 12.8. The number of aromatic amines is 1. The zero-order valence-corrected chi connectivity index (χ0v) is 15.2. The summed E-state index contributed by atoms with van der Waals surface area (Å²) in [6.45, 7) is 1.60. The fourth-order valence-electron chi connectivity index (χ4n) is 2.95. The van der Waals surface area contributed by atoms with E-state index in [-0.39, 0.29) is 17.1 Å². The number of carbonyl (C=O) groups is 1. The number of benzene rings is 3. The molecular formula is C22H14F2N2O3. The van der Waals surface area contributed by atoms with E-state index in [1.165, 1.54) is 18.2 Å². The maximum Gasteiger partial charge on any atom is 0.269 e. The van der Waals surface area contributed by atoms with Crippen LogP contribution in [0, 0.1) is 18.6 Å². The Labute approximate surface area is 163 Å². The monoisotopic (exact) mass is 392 g/mol. The van der Waals surface area contributed by atoms with Gasteiger partial charge < -0.3 is 9.72 Å². The van der Waals surface area contributed by atoms with Crippen LogP contribution in [0.3, 0.4) is 0 Å². The molecule has 29 heavy (non-hydrogen) atoms. The van der Waals surface area contributed by atoms with Gasteiger partial charge in [-0.3, -0.25) is 9.59 Å². The molecule has 0 aliphatic carbocycles. The first-order valence-electron chi connectivity index (χ1n) is 8.68. The van der Waals surface area contributed by atoms with Gasteiger partial charge in [-0.25, -0.2) is 13.8 Å². The molecule has 1 N–H and O–H groups in total. The summed E-state index contributed by atoms with van der Waals surface area (Å²) < 4.78 is 32.9. The molecule has 0 radical (unpaired) electrons. The molecule has 4 aromatic rings. The molecule has 3 aromatic carbocycles. The molecule has 0 saturated heterocycles. The van der Waals surface area contributed by atoms with Gasteiger partial charge in [0.05, 0.1) is 11.0 Å². The van der Waals surface area contributed by atoms with Crippen molar-refractivity contribution in [1.82, 2.24) is 9.97 Å². The van der Waals surface area contributed by atoms with E-state index in [9.17, 15) is 18.4 Å². The molecule has 5 nitrogen and oxygen atoms in total. The Morgan fingerprint density at radius 2 is 1.79 bits per heavy atom. The molecule has 0 amide bonds. The van der Waals surface area contributed by atoms with Crippen LogP contribution in [0.15, 0.2) is 59.4 Å². The molecule has 0 saturated carbocycles. The van der Waals surface area contributed by atoms with Gasteiger partial charge in [-0.15, -0.1) is 0 Å². The predicted octanol–water partition coefficient (Wildman–Crippen LogP) is 4.78. The lowest BCUT2D eigenvalue weighted by Gasteiger charge is -2.13. The predicted molar refractivity (Wildman–Crippen MR) is 104 cm³/mol. The molecule has 1 aromatic heterocycles. The van der Waals surface area contributed by atoms with Crippen LogP contribution >= 0.6 is 0 Å². The van der Waals surface area contributed by atoms with Crippen molar-refractivity contribution in [2.45, 2.75) is 6.92 Å². The van der Waals surface area contributed by atoms with Gasteiger partial charge in [-0.1, -0.05) is 6.07 Å². The topological polar surface area (TPSA) is 72.0 Å². The van der Waals surface area contributed by atoms with E-state index < -0.39 is 11.6 Å². The quantitative estimate of drug-likeness (QED) is 0.507. The molecular weight excluding hydrogens is 378 g/mol. The van der Waals surface area contributed by atoms with Gasteiger partial charge in [-0.2, -0.15) is 0 Å². The number of ether oxygens (including phenoxy) is 1. The standard InChI is InChI=1S/C22H14F2N2O3/c1-12-22(28)26-18-5-3-14(9-19(18)25-12)16-8-13(11-27)2-6-20(16)29-21-7-4-15(23)10-17(21)24/h2-11H,1H3,(H,26,28). The summed E-state index contributed by atoms with van der Waals surface area (Å²) in [7, 11) is 0. The zero-order valence-electron chi connectivity index (χ0n) is 15.2. The summed E-state index contributed by atoms with van der Waals surface area (Å²) in [5.74, 6) is -1.42. The molecule has 0 atom stereocenters. The minimum atomic E-state index is -0.844. The lowest BCUT2D eigenvalue weighted by molar-refractivity contribution is 0.112. The van der Waals surface area contributed by atoms with Crippen molar-refractivity contribution < 1.29 is 18.3 Å². The van der Waals surface area contributed by atoms with Crippen molar-refractivity contribution in [3.05, 3.63) is 87.8 Å². The van der Waals surface area contributed by atoms with Crippen molar-refractivity contribution in [2.24, 2.45) is 0 Å². The molecule has 7 heteroatoms. The Kier molecular flexibility index (Phi) is 4.64. The fraction of sp³-hybridized carbons (Fsp3) is 0.0455. The highest BCUT2D eigenvalue weighted by molar-refractivity contribution is 5.86. The number of nitrogens with zero attached hydrogens (tertiary/aromatic N) is 1. The summed E-state index contributed by atoms with van der Waals surface area (Å²) in [5, 5.41) is 0. The molecule has 1 heterocycles. The molecule has 0 unspecified atom stereocenters. The summed E-state index contributed by atoms with van der Waals surface area (Å²) in [6.07, 6.45) is 0.687. The van der Waals surface area contributed by atoms with E-state index in [0.29, 0.717) is 39.7 Å². The second kappa shape index (κ2) is 7.27. The number of rotatable bonds is 4. The number of halogens is 2. The van der Waals surface area contributed by atoms with Crippen molar-refractivity contribution in [3.63, 3.8) is 0 Å². The maximum atomic E-state index is 14.0. The molecule has 144 valence electrons. The molecule has 0 aliphatic heterocycles. The van der Waals surface area contributed by atoms with Crippen LogP contribution in [0.4, 0.5) is 8.78 Å². The summed E-state index contributed by atoms with van der Waals surface area (Å²) in [5.41, 5.74) is 2.73. The van der Waals surface area contributed by atoms with Crippen molar-refractivity contribution in [1.29, 1.82) is 0 Å². The number of aromatic nitrogens is 2. The van der Waals surface area contributed by atoms with Crippen LogP contribution in [0.1, 0.15) is 16.1 Å². The van der Waals surface area contributed by atoms with E-state index in [4.69, 9.17) is 4.74 Å². The second-order valence-electron chi connectivity index (χ2n) is 6.43. The van der Waals surface area contributed by atoms with Crippen LogP contribution in [-0.2, 0) is 0 Å². The van der Waals surface area contributed by atoms with Gasteiger partial charge in [0.25, 0.3) is 5.56 Å². The van der Waals surface area contributed by atoms with Crippen LogP contribution in [0.5, 0.6) is 11.5 Å². The number of aldehydes is 1. The second-order valence-corrected chi connectivity index (χ2v) is 6.43. The Hall–Kier alpha value is -3.87. The zero-order chi connectivity index (χ0) is 20.5. The number of nitrogens with one attached hydrogen (secondary N) is 1. The minimum absolute atomic E-state index is 0.148. The highest BCUT2D eigenvalue weighted by Crippen LogP contribution is 2.36.